The number of unbranched alkanes of at least 4 members (excludes halogenated alkanes) is 1. The van der Waals surface area contributed by atoms with Gasteiger partial charge in [0, 0.05) is 65.5 Å². The van der Waals surface area contributed by atoms with Crippen molar-refractivity contribution in [3.8, 4) is 0 Å². The summed E-state index contributed by atoms with van der Waals surface area (Å²) in [4.78, 5) is 7.40. The van der Waals surface area contributed by atoms with Crippen molar-refractivity contribution in [1.82, 2.24) is 20.0 Å². The summed E-state index contributed by atoms with van der Waals surface area (Å²) in [6.07, 6.45) is 2.39. The molecule has 1 rings (SSSR count). The molecule has 5 heteroatoms. The van der Waals surface area contributed by atoms with E-state index in [1.165, 1.54) is 52.1 Å². The Kier molecular flexibility index (Phi) is 11.1. The molecule has 0 aromatic heterocycles. The molecule has 1 fully saturated rings. The molecule has 1 saturated heterocycles. The fourth-order valence-corrected chi connectivity index (χ4v) is 2.43. The lowest BCUT2D eigenvalue weighted by atomic mass is 10.3. The van der Waals surface area contributed by atoms with Crippen molar-refractivity contribution >= 4 is 0 Å². The Morgan fingerprint density at radius 3 is 2.24 bits per heavy atom. The number of ether oxygens (including phenoxy) is 1. The van der Waals surface area contributed by atoms with E-state index in [4.69, 9.17) is 4.74 Å². The fraction of sp³-hybridized carbons (Fsp3) is 1.00. The lowest BCUT2D eigenvalue weighted by molar-refractivity contribution is 0.120. The second kappa shape index (κ2) is 12.4. The van der Waals surface area contributed by atoms with Crippen LogP contribution in [0.5, 0.6) is 0 Å². The maximum Gasteiger partial charge on any atom is 0.0590 e. The van der Waals surface area contributed by atoms with Crippen molar-refractivity contribution in [1.29, 1.82) is 0 Å². The van der Waals surface area contributed by atoms with Crippen LogP contribution in [-0.2, 0) is 4.74 Å². The molecule has 126 valence electrons. The van der Waals surface area contributed by atoms with Crippen molar-refractivity contribution in [3.63, 3.8) is 0 Å². The molecule has 1 aliphatic rings. The van der Waals surface area contributed by atoms with E-state index in [9.17, 15) is 0 Å². The van der Waals surface area contributed by atoms with Gasteiger partial charge in [-0.2, -0.15) is 0 Å². The highest BCUT2D eigenvalue weighted by atomic mass is 16.5. The monoisotopic (exact) mass is 300 g/mol. The number of likely N-dealkylation sites (N-methyl/N-ethyl adjacent to an activating group) is 1. The minimum atomic E-state index is 0.846. The van der Waals surface area contributed by atoms with Crippen LogP contribution < -0.4 is 5.32 Å². The van der Waals surface area contributed by atoms with E-state index in [0.717, 1.165) is 32.8 Å². The van der Waals surface area contributed by atoms with Gasteiger partial charge in [-0.05, 0) is 20.5 Å². The molecular weight excluding hydrogens is 264 g/mol. The van der Waals surface area contributed by atoms with Crippen molar-refractivity contribution in [2.45, 2.75) is 19.8 Å². The first-order chi connectivity index (χ1) is 10.2. The number of piperazine rings is 1. The predicted octanol–water partition coefficient (Wildman–Crippen LogP) is 0.572. The van der Waals surface area contributed by atoms with E-state index in [0.29, 0.717) is 0 Å². The van der Waals surface area contributed by atoms with Gasteiger partial charge in [-0.3, -0.25) is 9.80 Å². The second-order valence-electron chi connectivity index (χ2n) is 6.20. The number of nitrogens with zero attached hydrogens (tertiary/aromatic N) is 3. The smallest absolute Gasteiger partial charge is 0.0590 e. The topological polar surface area (TPSA) is 31.0 Å². The van der Waals surface area contributed by atoms with Gasteiger partial charge >= 0.3 is 0 Å². The van der Waals surface area contributed by atoms with Crippen LogP contribution in [0.25, 0.3) is 0 Å². The Labute approximate surface area is 131 Å². The Hall–Kier alpha value is -0.200. The number of hydrogen-bond acceptors (Lipinski definition) is 5. The quantitative estimate of drug-likeness (QED) is 0.533. The summed E-state index contributed by atoms with van der Waals surface area (Å²) in [6, 6.07) is 0. The molecule has 0 saturated carbocycles. The summed E-state index contributed by atoms with van der Waals surface area (Å²) in [6.45, 7) is 14.4. The first-order valence-corrected chi connectivity index (χ1v) is 8.60. The van der Waals surface area contributed by atoms with Crippen LogP contribution in [0.1, 0.15) is 19.8 Å². The third kappa shape index (κ3) is 10.2. The molecule has 0 amide bonds. The predicted molar refractivity (Wildman–Crippen MR) is 90.0 cm³/mol. The number of hydrogen-bond donors (Lipinski definition) is 1. The van der Waals surface area contributed by atoms with E-state index in [-0.39, 0.29) is 0 Å². The molecular formula is C16H36N4O. The average Bonchev–Trinajstić information content (AvgIpc) is 2.49. The lowest BCUT2D eigenvalue weighted by Crippen LogP contribution is -2.49. The second-order valence-corrected chi connectivity index (χ2v) is 6.20. The van der Waals surface area contributed by atoms with E-state index in [2.05, 4.69) is 41.0 Å². The fourth-order valence-electron chi connectivity index (χ4n) is 2.43. The van der Waals surface area contributed by atoms with Crippen LogP contribution >= 0.6 is 0 Å². The normalized spacial score (nSPS) is 17.7. The van der Waals surface area contributed by atoms with E-state index in [1.807, 2.05) is 0 Å². The molecule has 0 aromatic carbocycles. The van der Waals surface area contributed by atoms with Gasteiger partial charge in [0.2, 0.25) is 0 Å². The van der Waals surface area contributed by atoms with Gasteiger partial charge < -0.3 is 15.0 Å². The summed E-state index contributed by atoms with van der Waals surface area (Å²) < 4.78 is 5.54. The van der Waals surface area contributed by atoms with Gasteiger partial charge in [-0.1, -0.05) is 13.3 Å². The Balaban J connectivity index is 1.89. The number of nitrogens with one attached hydrogen (secondary N) is 1. The largest absolute Gasteiger partial charge is 0.380 e. The number of rotatable bonds is 12. The first-order valence-electron chi connectivity index (χ1n) is 8.60. The minimum Gasteiger partial charge on any atom is -0.380 e. The summed E-state index contributed by atoms with van der Waals surface area (Å²) in [5.41, 5.74) is 0. The summed E-state index contributed by atoms with van der Waals surface area (Å²) in [5, 5.41) is 3.47. The third-order valence-electron chi connectivity index (χ3n) is 4.00. The van der Waals surface area contributed by atoms with Crippen LogP contribution in [0.4, 0.5) is 0 Å². The molecule has 21 heavy (non-hydrogen) atoms. The molecule has 1 heterocycles. The molecule has 1 aliphatic heterocycles. The zero-order valence-corrected chi connectivity index (χ0v) is 14.4. The van der Waals surface area contributed by atoms with Crippen LogP contribution in [-0.4, -0.2) is 101 Å². The van der Waals surface area contributed by atoms with Gasteiger partial charge in [0.25, 0.3) is 0 Å². The van der Waals surface area contributed by atoms with Gasteiger partial charge in [-0.25, -0.2) is 0 Å². The molecule has 0 bridgehead atoms. The zero-order chi connectivity index (χ0) is 15.3. The van der Waals surface area contributed by atoms with Crippen molar-refractivity contribution in [3.05, 3.63) is 0 Å². The van der Waals surface area contributed by atoms with Crippen molar-refractivity contribution in [2.75, 3.05) is 86.2 Å². The highest BCUT2D eigenvalue weighted by molar-refractivity contribution is 4.72. The van der Waals surface area contributed by atoms with E-state index < -0.39 is 0 Å². The Morgan fingerprint density at radius 2 is 1.62 bits per heavy atom. The molecule has 0 aliphatic carbocycles. The molecule has 0 unspecified atom stereocenters. The summed E-state index contributed by atoms with van der Waals surface area (Å²) >= 11 is 0. The minimum absolute atomic E-state index is 0.846. The molecule has 0 aromatic rings. The van der Waals surface area contributed by atoms with Crippen LogP contribution in [0.2, 0.25) is 0 Å². The highest BCUT2D eigenvalue weighted by Crippen LogP contribution is 2.00. The third-order valence-corrected chi connectivity index (χ3v) is 4.00. The Bertz CT molecular complexity index is 230. The summed E-state index contributed by atoms with van der Waals surface area (Å²) in [7, 11) is 4.29. The van der Waals surface area contributed by atoms with Gasteiger partial charge in [0.15, 0.2) is 0 Å². The maximum atomic E-state index is 5.54. The average molecular weight is 300 g/mol. The molecule has 5 nitrogen and oxygen atoms in total. The first kappa shape index (κ1) is 18.8. The molecule has 1 N–H and O–H groups in total. The van der Waals surface area contributed by atoms with Gasteiger partial charge in [0.1, 0.15) is 0 Å². The highest BCUT2D eigenvalue weighted by Gasteiger charge is 2.15. The summed E-state index contributed by atoms with van der Waals surface area (Å²) in [5.74, 6) is 0. The molecule has 0 atom stereocenters. The van der Waals surface area contributed by atoms with Crippen LogP contribution in [0.3, 0.4) is 0 Å². The standard InChI is InChI=1S/C16H36N4O/c1-4-5-15-21-16-7-17-6-8-19-11-13-20(14-12-19)10-9-18(2)3/h17H,4-16H2,1-3H3. The zero-order valence-electron chi connectivity index (χ0n) is 14.4. The van der Waals surface area contributed by atoms with E-state index >= 15 is 0 Å². The lowest BCUT2D eigenvalue weighted by Gasteiger charge is -2.35. The maximum absolute atomic E-state index is 5.54. The van der Waals surface area contributed by atoms with Gasteiger partial charge in [-0.15, -0.1) is 0 Å². The SMILES string of the molecule is CCCCOCCNCCN1CCN(CCN(C)C)CC1. The van der Waals surface area contributed by atoms with E-state index in [1.54, 1.807) is 0 Å². The van der Waals surface area contributed by atoms with Crippen LogP contribution in [0, 0.1) is 0 Å². The van der Waals surface area contributed by atoms with Gasteiger partial charge in [0.05, 0.1) is 6.61 Å². The Morgan fingerprint density at radius 1 is 0.952 bits per heavy atom. The molecule has 0 spiro atoms. The van der Waals surface area contributed by atoms with Crippen molar-refractivity contribution < 1.29 is 4.74 Å². The van der Waals surface area contributed by atoms with Crippen molar-refractivity contribution in [2.24, 2.45) is 0 Å². The molecule has 0 radical (unpaired) electrons. The van der Waals surface area contributed by atoms with Crippen LogP contribution in [0.15, 0.2) is 0 Å².